The fourth-order valence-corrected chi connectivity index (χ4v) is 0. The van der Waals surface area contributed by atoms with E-state index in [2.05, 4.69) is 0 Å². The van der Waals surface area contributed by atoms with Crippen molar-refractivity contribution in [3.63, 3.8) is 0 Å². The van der Waals surface area contributed by atoms with Crippen LogP contribution in [0.4, 0.5) is 0 Å². The molecular weight excluding hydrogens is 162 g/mol. The summed E-state index contributed by atoms with van der Waals surface area (Å²) in [4.78, 5) is 0. The average molecular weight is 165 g/mol. The number of rotatable bonds is 0. The molecule has 0 radical (unpaired) electrons. The molecule has 0 fully saturated rings. The molecule has 0 aromatic rings. The van der Waals surface area contributed by atoms with Gasteiger partial charge in [-0.15, -0.1) is 37.2 Å². The zero-order valence-corrected chi connectivity index (χ0v) is 5.13. The van der Waals surface area contributed by atoms with Crippen molar-refractivity contribution in [1.82, 2.24) is 0 Å². The summed E-state index contributed by atoms with van der Waals surface area (Å²) in [6.45, 7) is 0. The summed E-state index contributed by atoms with van der Waals surface area (Å²) >= 11 is 0. The van der Waals surface area contributed by atoms with E-state index in [1.807, 2.05) is 0 Å². The molecule has 0 heterocycles. The van der Waals surface area contributed by atoms with Gasteiger partial charge in [0.1, 0.15) is 0 Å². The zero-order valence-electron chi connectivity index (χ0n) is 1.58. The van der Waals surface area contributed by atoms with Crippen LogP contribution in [0.3, 0.4) is 0 Å². The zero-order chi connectivity index (χ0) is 0. The van der Waals surface area contributed by atoms with Crippen LogP contribution in [0.15, 0.2) is 0 Å². The van der Waals surface area contributed by atoms with E-state index in [1.165, 1.54) is 0 Å². The van der Waals surface area contributed by atoms with Gasteiger partial charge in [0.15, 0.2) is 0 Å². The fraction of sp³-hybridized carbons (Fsp3) is 0. The Bertz CT molecular complexity index is 3.25. The van der Waals surface area contributed by atoms with Crippen molar-refractivity contribution in [1.29, 1.82) is 0 Å². The van der Waals surface area contributed by atoms with Crippen molar-refractivity contribution >= 4 is 37.2 Å². The molecule has 0 aliphatic carbocycles. The first kappa shape index (κ1) is 53.8. The van der Waals surface area contributed by atoms with Gasteiger partial charge in [0, 0.05) is 17.1 Å². The molecule has 0 spiro atoms. The van der Waals surface area contributed by atoms with Crippen LogP contribution in [0, 0.1) is 0 Å². The fourth-order valence-electron chi connectivity index (χ4n) is 0. The Balaban J connectivity index is 0. The number of hydrogen-bond donors (Lipinski definition) is 0. The van der Waals surface area contributed by atoms with E-state index in [0.29, 0.717) is 0 Å². The maximum absolute atomic E-state index is 0. The van der Waals surface area contributed by atoms with Crippen LogP contribution in [0.25, 0.3) is 0 Å². The van der Waals surface area contributed by atoms with Gasteiger partial charge in [0.2, 0.25) is 0 Å². The van der Waals surface area contributed by atoms with Gasteiger partial charge in [-0.25, -0.2) is 0 Å². The third kappa shape index (κ3) is 10.0. The van der Waals surface area contributed by atoms with Crippen molar-refractivity contribution in [3.05, 3.63) is 0 Å². The molecule has 0 nitrogen and oxygen atoms in total. The van der Waals surface area contributed by atoms with Crippen molar-refractivity contribution in [2.24, 2.45) is 0 Å². The topological polar surface area (TPSA) is 0 Å². The predicted molar refractivity (Wildman–Crippen MR) is 21.7 cm³/mol. The van der Waals surface area contributed by atoms with Crippen molar-refractivity contribution < 1.29 is 17.1 Å². The minimum Gasteiger partial charge on any atom is -0.147 e. The first-order valence-electron chi connectivity index (χ1n) is 0. The number of halogens is 3. The monoisotopic (exact) mass is 164 g/mol. The van der Waals surface area contributed by atoms with E-state index in [-0.39, 0.29) is 54.3 Å². The van der Waals surface area contributed by atoms with E-state index in [9.17, 15) is 0 Å². The van der Waals surface area contributed by atoms with E-state index in [0.717, 1.165) is 0 Å². The Kier molecular flexibility index (Phi) is 351. The van der Waals surface area contributed by atoms with Gasteiger partial charge in [-0.3, -0.25) is 0 Å². The van der Waals surface area contributed by atoms with Crippen molar-refractivity contribution in [2.45, 2.75) is 0 Å². The average Bonchev–Trinajstić information content (AvgIpc) is 0. The summed E-state index contributed by atoms with van der Waals surface area (Å²) in [7, 11) is 0. The second kappa shape index (κ2) is 26.1. The van der Waals surface area contributed by atoms with Gasteiger partial charge in [-0.05, 0) is 0 Å². The van der Waals surface area contributed by atoms with Crippen LogP contribution in [-0.2, 0) is 17.1 Å². The van der Waals surface area contributed by atoms with Gasteiger partial charge in [0.05, 0.1) is 0 Å². The molecule has 0 aromatic heterocycles. The molecule has 0 atom stereocenters. The molecule has 0 N–H and O–H groups in total. The summed E-state index contributed by atoms with van der Waals surface area (Å²) in [6.07, 6.45) is 0. The van der Waals surface area contributed by atoms with Crippen LogP contribution >= 0.6 is 37.2 Å². The molecule has 0 saturated carbocycles. The quantitative estimate of drug-likeness (QED) is 0.474. The van der Waals surface area contributed by atoms with E-state index >= 15 is 0 Å². The third-order valence-corrected chi connectivity index (χ3v) is 0. The smallest absolute Gasteiger partial charge is 0 e. The molecule has 32 valence electrons. The van der Waals surface area contributed by atoms with Gasteiger partial charge >= 0.3 is 0 Å². The van der Waals surface area contributed by atoms with Crippen LogP contribution < -0.4 is 0 Å². The maximum Gasteiger partial charge on any atom is 0 e. The summed E-state index contributed by atoms with van der Waals surface area (Å²) in [5, 5.41) is 0. The number of hydrogen-bond acceptors (Lipinski definition) is 0. The standard InChI is InChI=1S/3ClH.Fe/h3*1H;. The molecule has 0 aliphatic rings. The summed E-state index contributed by atoms with van der Waals surface area (Å²) in [5.41, 5.74) is 0. The largest absolute Gasteiger partial charge is 0.147 e. The van der Waals surface area contributed by atoms with Gasteiger partial charge in [0.25, 0.3) is 0 Å². The second-order valence-electron chi connectivity index (χ2n) is 0. The maximum atomic E-state index is 0. The van der Waals surface area contributed by atoms with E-state index < -0.39 is 0 Å². The molecule has 0 unspecified atom stereocenters. The van der Waals surface area contributed by atoms with Crippen LogP contribution in [-0.4, -0.2) is 0 Å². The first-order valence-corrected chi connectivity index (χ1v) is 0. The normalized spacial score (nSPS) is 0. The van der Waals surface area contributed by atoms with Crippen molar-refractivity contribution in [3.8, 4) is 0 Å². The van der Waals surface area contributed by atoms with Gasteiger partial charge in [-0.1, -0.05) is 0 Å². The van der Waals surface area contributed by atoms with Crippen LogP contribution in [0.5, 0.6) is 0 Å². The summed E-state index contributed by atoms with van der Waals surface area (Å²) in [5.74, 6) is 0. The third-order valence-electron chi connectivity index (χ3n) is 0. The molecule has 0 aliphatic heterocycles. The van der Waals surface area contributed by atoms with Crippen molar-refractivity contribution in [2.75, 3.05) is 0 Å². The summed E-state index contributed by atoms with van der Waals surface area (Å²) < 4.78 is 0. The van der Waals surface area contributed by atoms with Crippen LogP contribution in [0.1, 0.15) is 0 Å². The Morgan fingerprint density at radius 3 is 0.500 bits per heavy atom. The Morgan fingerprint density at radius 2 is 0.500 bits per heavy atom. The molecule has 0 aromatic carbocycles. The minimum absolute atomic E-state index is 0. The molecule has 0 amide bonds. The molecule has 0 bridgehead atoms. The van der Waals surface area contributed by atoms with Crippen LogP contribution in [0.2, 0.25) is 0 Å². The molecular formula is H3Cl3Fe. The minimum atomic E-state index is 0. The molecule has 0 saturated heterocycles. The second-order valence-corrected chi connectivity index (χ2v) is 0. The van der Waals surface area contributed by atoms with E-state index in [1.54, 1.807) is 0 Å². The Morgan fingerprint density at radius 1 is 0.500 bits per heavy atom. The van der Waals surface area contributed by atoms with Gasteiger partial charge < -0.3 is 0 Å². The Hall–Kier alpha value is 1.39. The summed E-state index contributed by atoms with van der Waals surface area (Å²) in [6, 6.07) is 0. The van der Waals surface area contributed by atoms with Gasteiger partial charge in [-0.2, -0.15) is 0 Å². The first-order chi connectivity index (χ1) is 0. The Labute approximate surface area is 54.4 Å². The predicted octanol–water partition coefficient (Wildman–Crippen LogP) is 1.26. The van der Waals surface area contributed by atoms with E-state index in [4.69, 9.17) is 0 Å². The molecule has 4 heteroatoms. The molecule has 0 rings (SSSR count). The molecule has 4 heavy (non-hydrogen) atoms. The SMILES string of the molecule is Cl.Cl.Cl.[Fe].